The zero-order chi connectivity index (χ0) is 55.4. The molecule has 26 heteroatoms. The molecule has 77 heavy (non-hydrogen) atoms. The maximum atomic E-state index is 14.7. The Labute approximate surface area is 451 Å². The molecule has 0 saturated carbocycles. The number of aliphatic hydroxyl groups is 1. The van der Waals surface area contributed by atoms with Gasteiger partial charge in [0, 0.05) is 66.3 Å². The van der Waals surface area contributed by atoms with Crippen LogP contribution in [0.2, 0.25) is 0 Å². The summed E-state index contributed by atoms with van der Waals surface area (Å²) in [5, 5.41) is 30.0. The quantitative estimate of drug-likeness (QED) is 0.0199. The van der Waals surface area contributed by atoms with E-state index in [1.54, 1.807) is 66.9 Å². The molecule has 6 rings (SSSR count). The average molecular weight is 1100 g/mol. The third-order valence-electron chi connectivity index (χ3n) is 12.4. The number of aliphatic hydroxyl groups excluding tert-OH is 1. The SMILES string of the molecule is C[C@@H](O)[C@H](NC(=O)[C@H]1CSSC[C@H](NC(=O)[C@H](N)Cc2ccccc2)C(=O)N[C@H](Cc2cnc[nH]2)C(=O)N[C@H](Cc2ccccc2)C(=O)N[C@@H](CCCN=C(N)N)C(=O)N[C@H](Cc2c[nH]c3ccccc23)C(=O)N1)C(N)=O. The van der Waals surface area contributed by atoms with E-state index in [9.17, 15) is 43.5 Å². The lowest BCUT2D eigenvalue weighted by molar-refractivity contribution is -0.135. The summed E-state index contributed by atoms with van der Waals surface area (Å²) in [4.78, 5) is 128. The second-order valence-corrected chi connectivity index (χ2v) is 20.9. The van der Waals surface area contributed by atoms with Gasteiger partial charge in [-0.25, -0.2) is 4.98 Å². The normalized spacial score (nSPS) is 21.4. The molecule has 9 atom stereocenters. The molecule has 3 aromatic carbocycles. The largest absolute Gasteiger partial charge is 0.391 e. The van der Waals surface area contributed by atoms with Crippen LogP contribution in [0.25, 0.3) is 10.9 Å². The number of amides is 8. The fourth-order valence-corrected chi connectivity index (χ4v) is 10.6. The van der Waals surface area contributed by atoms with Crippen LogP contribution in [0.1, 0.15) is 42.1 Å². The molecule has 1 saturated heterocycles. The van der Waals surface area contributed by atoms with Crippen molar-refractivity contribution in [3.63, 3.8) is 0 Å². The van der Waals surface area contributed by atoms with Gasteiger partial charge in [-0.1, -0.05) is 100 Å². The maximum absolute atomic E-state index is 14.7. The number of para-hydroxylation sites is 1. The topological polar surface area (TPSA) is 402 Å². The number of imidazole rings is 1. The molecule has 1 fully saturated rings. The van der Waals surface area contributed by atoms with Gasteiger partial charge >= 0.3 is 0 Å². The van der Waals surface area contributed by atoms with Crippen molar-refractivity contribution in [3.8, 4) is 0 Å². The molecule has 0 aliphatic carbocycles. The predicted octanol–water partition coefficient (Wildman–Crippen LogP) is -1.80. The van der Waals surface area contributed by atoms with Crippen molar-refractivity contribution in [1.82, 2.24) is 52.2 Å². The number of fused-ring (bicyclic) bond motifs is 1. The van der Waals surface area contributed by atoms with Gasteiger partial charge in [-0.2, -0.15) is 0 Å². The third-order valence-corrected chi connectivity index (χ3v) is 14.8. The maximum Gasteiger partial charge on any atom is 0.244 e. The van der Waals surface area contributed by atoms with E-state index in [1.807, 2.05) is 24.3 Å². The number of rotatable bonds is 18. The van der Waals surface area contributed by atoms with Crippen LogP contribution in [0.3, 0.4) is 0 Å². The Bertz CT molecular complexity index is 2830. The smallest absolute Gasteiger partial charge is 0.244 e. The lowest BCUT2D eigenvalue weighted by atomic mass is 10.0. The molecular formula is C51H65N15O9S2. The number of nitrogens with zero attached hydrogens (tertiary/aromatic N) is 2. The number of carbonyl (C=O) groups excluding carboxylic acids is 8. The van der Waals surface area contributed by atoms with Crippen LogP contribution in [-0.2, 0) is 64.0 Å². The Kier molecular flexibility index (Phi) is 21.8. The Morgan fingerprint density at radius 3 is 1.96 bits per heavy atom. The molecule has 8 amide bonds. The monoisotopic (exact) mass is 1100 g/mol. The fourth-order valence-electron chi connectivity index (χ4n) is 8.27. The number of nitrogens with one attached hydrogen (secondary N) is 9. The Balaban J connectivity index is 1.42. The highest BCUT2D eigenvalue weighted by atomic mass is 33.1. The van der Waals surface area contributed by atoms with E-state index in [1.165, 1.54) is 19.4 Å². The first-order valence-electron chi connectivity index (χ1n) is 24.7. The average Bonchev–Trinajstić information content (AvgIpc) is 4.08. The lowest BCUT2D eigenvalue weighted by Crippen LogP contribution is -2.61. The van der Waals surface area contributed by atoms with Gasteiger partial charge in [0.15, 0.2) is 5.96 Å². The van der Waals surface area contributed by atoms with Crippen LogP contribution in [0, 0.1) is 0 Å². The number of aliphatic imine (C=N–C) groups is 1. The van der Waals surface area contributed by atoms with Gasteiger partial charge in [-0.15, -0.1) is 0 Å². The number of aromatic amines is 2. The summed E-state index contributed by atoms with van der Waals surface area (Å²) >= 11 is 0. The second kappa shape index (κ2) is 28.8. The van der Waals surface area contributed by atoms with E-state index in [0.29, 0.717) is 16.8 Å². The number of H-pyrrole nitrogens is 2. The number of primary amides is 1. The molecule has 18 N–H and O–H groups in total. The molecule has 5 aromatic rings. The standard InChI is InChI=1S/C51H65N15O9S2/c1-28(67)42(43(53)68)66-50(75)41-26-77-76-25-40(64-44(69)34(52)19-29-11-4-2-5-12-29)49(74)63-39(22-32-24-56-27-59-32)48(73)61-37(20-30-13-6-3-7-14-30)46(71)60-36(17-10-18-57-51(54)55)45(70)62-38(47(72)65-41)21-31-23-58-35-16-9-8-15-33(31)35/h2-9,11-16,23-24,27-28,34,36-42,58,67H,10,17-22,25-26,52H2,1H3,(H2,53,68)(H,56,59)(H,60,71)(H,61,73)(H,62,70)(H,63,74)(H,64,69)(H,65,72)(H,66,75)(H4,54,55,57)/t28-,34-,36+,37-,38-,39-,40+,41-,42+/m1/s1. The van der Waals surface area contributed by atoms with Crippen molar-refractivity contribution in [1.29, 1.82) is 0 Å². The number of nitrogens with two attached hydrogens (primary N) is 4. The Morgan fingerprint density at radius 2 is 1.31 bits per heavy atom. The van der Waals surface area contributed by atoms with Gasteiger partial charge in [-0.3, -0.25) is 43.3 Å². The van der Waals surface area contributed by atoms with E-state index >= 15 is 0 Å². The summed E-state index contributed by atoms with van der Waals surface area (Å²) in [6.07, 6.45) is 2.87. The highest BCUT2D eigenvalue weighted by Crippen LogP contribution is 2.25. The minimum absolute atomic E-state index is 0.0477. The minimum Gasteiger partial charge on any atom is -0.391 e. The number of hydrogen-bond donors (Lipinski definition) is 14. The molecule has 2 aromatic heterocycles. The summed E-state index contributed by atoms with van der Waals surface area (Å²) in [7, 11) is 2.01. The minimum atomic E-state index is -1.58. The zero-order valence-corrected chi connectivity index (χ0v) is 43.7. The summed E-state index contributed by atoms with van der Waals surface area (Å²) in [5.41, 5.74) is 26.3. The van der Waals surface area contributed by atoms with Crippen LogP contribution in [0.5, 0.6) is 0 Å². The molecule has 1 aliphatic heterocycles. The first-order chi connectivity index (χ1) is 36.9. The molecule has 0 spiro atoms. The first-order valence-corrected chi connectivity index (χ1v) is 27.2. The summed E-state index contributed by atoms with van der Waals surface area (Å²) in [6, 6.07) is 13.8. The fraction of sp³-hybridized carbons (Fsp3) is 0.373. The van der Waals surface area contributed by atoms with Crippen molar-refractivity contribution < 1.29 is 43.5 Å². The third kappa shape index (κ3) is 17.8. The predicted molar refractivity (Wildman–Crippen MR) is 292 cm³/mol. The van der Waals surface area contributed by atoms with Crippen LogP contribution in [0.15, 0.2) is 109 Å². The molecule has 0 radical (unpaired) electrons. The van der Waals surface area contributed by atoms with Gasteiger partial charge in [0.2, 0.25) is 47.3 Å². The zero-order valence-electron chi connectivity index (χ0n) is 42.1. The van der Waals surface area contributed by atoms with E-state index < -0.39 is 102 Å². The molecule has 0 bridgehead atoms. The van der Waals surface area contributed by atoms with Gasteiger partial charge in [0.25, 0.3) is 0 Å². The summed E-state index contributed by atoms with van der Waals surface area (Å²) < 4.78 is 0. The van der Waals surface area contributed by atoms with Crippen molar-refractivity contribution >= 4 is 85.7 Å². The van der Waals surface area contributed by atoms with Crippen LogP contribution in [-0.4, -0.2) is 146 Å². The number of carbonyl (C=O) groups is 8. The number of aromatic nitrogens is 3. The Morgan fingerprint density at radius 1 is 0.727 bits per heavy atom. The van der Waals surface area contributed by atoms with Crippen molar-refractivity contribution in [2.24, 2.45) is 27.9 Å². The second-order valence-electron chi connectivity index (χ2n) is 18.3. The van der Waals surface area contributed by atoms with Crippen molar-refractivity contribution in [3.05, 3.63) is 126 Å². The van der Waals surface area contributed by atoms with Crippen molar-refractivity contribution in [2.45, 2.75) is 99.9 Å². The van der Waals surface area contributed by atoms with Crippen LogP contribution >= 0.6 is 21.6 Å². The molecule has 24 nitrogen and oxygen atoms in total. The molecule has 0 unspecified atom stereocenters. The summed E-state index contributed by atoms with van der Waals surface area (Å²) in [6.45, 7) is 1.29. The molecule has 1 aliphatic rings. The molecule has 410 valence electrons. The van der Waals surface area contributed by atoms with E-state index in [0.717, 1.165) is 38.1 Å². The molecule has 3 heterocycles. The number of benzene rings is 3. The Hall–Kier alpha value is -7.94. The first kappa shape index (κ1) is 58.3. The van der Waals surface area contributed by atoms with Gasteiger partial charge in [-0.05, 0) is 48.9 Å². The van der Waals surface area contributed by atoms with Crippen LogP contribution < -0.4 is 60.2 Å². The van der Waals surface area contributed by atoms with E-state index in [-0.39, 0.29) is 62.5 Å². The summed E-state index contributed by atoms with van der Waals surface area (Å²) in [5.74, 6) is -7.48. The number of guanidine groups is 1. The van der Waals surface area contributed by atoms with Gasteiger partial charge in [0.05, 0.1) is 18.5 Å². The van der Waals surface area contributed by atoms with Gasteiger partial charge < -0.3 is 75.2 Å². The van der Waals surface area contributed by atoms with Crippen molar-refractivity contribution in [2.75, 3.05) is 18.1 Å². The highest BCUT2D eigenvalue weighted by Gasteiger charge is 2.36. The van der Waals surface area contributed by atoms with Gasteiger partial charge in [0.1, 0.15) is 42.3 Å². The lowest BCUT2D eigenvalue weighted by Gasteiger charge is -2.28. The molecular weight excluding hydrogens is 1030 g/mol. The number of hydrogen-bond acceptors (Lipinski definition) is 14. The van der Waals surface area contributed by atoms with E-state index in [2.05, 4.69) is 57.2 Å². The highest BCUT2D eigenvalue weighted by molar-refractivity contribution is 8.76. The van der Waals surface area contributed by atoms with Crippen LogP contribution in [0.4, 0.5) is 0 Å². The van der Waals surface area contributed by atoms with E-state index in [4.69, 9.17) is 22.9 Å².